The first-order valence-corrected chi connectivity index (χ1v) is 7.06. The number of thiophene rings is 1. The second-order valence-electron chi connectivity index (χ2n) is 3.80. The van der Waals surface area contributed by atoms with E-state index in [0.717, 1.165) is 9.85 Å². The second-order valence-corrected chi connectivity index (χ2v) is 6.27. The number of rotatable bonds is 4. The van der Waals surface area contributed by atoms with Crippen LogP contribution < -0.4 is 0 Å². The summed E-state index contributed by atoms with van der Waals surface area (Å²) in [5, 5.41) is 18.6. The fourth-order valence-corrected chi connectivity index (χ4v) is 2.75. The molecule has 0 bridgehead atoms. The molecule has 7 heteroatoms. The highest BCUT2D eigenvalue weighted by Gasteiger charge is 2.16. The van der Waals surface area contributed by atoms with E-state index in [2.05, 4.69) is 15.9 Å². The number of esters is 1. The third-order valence-electron chi connectivity index (χ3n) is 2.38. The Hall–Kier alpha value is -1.86. The van der Waals surface area contributed by atoms with Crippen molar-refractivity contribution in [1.82, 2.24) is 0 Å². The summed E-state index contributed by atoms with van der Waals surface area (Å²) in [6, 6.07) is 6.84. The van der Waals surface area contributed by atoms with Gasteiger partial charge in [-0.2, -0.15) is 0 Å². The summed E-state index contributed by atoms with van der Waals surface area (Å²) in [6.45, 7) is -0.411. The summed E-state index contributed by atoms with van der Waals surface area (Å²) in [5.74, 6) is -1.72. The summed E-state index contributed by atoms with van der Waals surface area (Å²) in [7, 11) is 0. The zero-order valence-corrected chi connectivity index (χ0v) is 12.4. The Balaban J connectivity index is 2.00. The van der Waals surface area contributed by atoms with Crippen molar-refractivity contribution in [2.24, 2.45) is 0 Å². The summed E-state index contributed by atoms with van der Waals surface area (Å²) < 4.78 is 5.64. The van der Waals surface area contributed by atoms with Crippen LogP contribution in [-0.4, -0.2) is 28.6 Å². The van der Waals surface area contributed by atoms with Crippen molar-refractivity contribution in [3.8, 4) is 11.5 Å². The van der Waals surface area contributed by atoms with Gasteiger partial charge in [0, 0.05) is 6.07 Å². The molecule has 0 spiro atoms. The fourth-order valence-electron chi connectivity index (χ4n) is 1.44. The van der Waals surface area contributed by atoms with E-state index in [0.29, 0.717) is 4.88 Å². The van der Waals surface area contributed by atoms with Crippen LogP contribution in [0.5, 0.6) is 11.5 Å². The quantitative estimate of drug-likeness (QED) is 0.649. The van der Waals surface area contributed by atoms with Crippen LogP contribution in [0.2, 0.25) is 0 Å². The van der Waals surface area contributed by atoms with Crippen molar-refractivity contribution < 1.29 is 24.5 Å². The van der Waals surface area contributed by atoms with Gasteiger partial charge in [-0.15, -0.1) is 11.3 Å². The van der Waals surface area contributed by atoms with Crippen molar-refractivity contribution >= 4 is 39.0 Å². The molecule has 2 rings (SSSR count). The lowest BCUT2D eigenvalue weighted by Gasteiger charge is -2.05. The number of carbonyl (C=O) groups is 2. The normalized spacial score (nSPS) is 10.2. The van der Waals surface area contributed by atoms with Gasteiger partial charge in [-0.25, -0.2) is 4.79 Å². The predicted molar refractivity (Wildman–Crippen MR) is 76.4 cm³/mol. The van der Waals surface area contributed by atoms with Gasteiger partial charge in [0.15, 0.2) is 6.61 Å². The molecule has 0 radical (unpaired) electrons. The molecule has 0 saturated heterocycles. The molecule has 0 aliphatic carbocycles. The summed E-state index contributed by atoms with van der Waals surface area (Å²) in [6.07, 6.45) is 0. The Morgan fingerprint density at radius 3 is 2.55 bits per heavy atom. The number of carbonyl (C=O) groups excluding carboxylic acids is 2. The van der Waals surface area contributed by atoms with Gasteiger partial charge in [0.05, 0.1) is 8.66 Å². The highest BCUT2D eigenvalue weighted by Crippen LogP contribution is 2.24. The maximum absolute atomic E-state index is 11.7. The Morgan fingerprint density at radius 1 is 1.20 bits per heavy atom. The molecule has 2 N–H and O–H groups in total. The monoisotopic (exact) mass is 356 g/mol. The van der Waals surface area contributed by atoms with E-state index in [9.17, 15) is 14.7 Å². The number of phenolic OH excluding ortho intramolecular Hbond substituents is 2. The number of ether oxygens (including phenoxy) is 1. The zero-order valence-electron chi connectivity index (χ0n) is 10.00. The highest BCUT2D eigenvalue weighted by molar-refractivity contribution is 9.11. The molecule has 0 fully saturated rings. The largest absolute Gasteiger partial charge is 0.508 e. The molecule has 2 aromatic rings. The minimum Gasteiger partial charge on any atom is -0.508 e. The van der Waals surface area contributed by atoms with Gasteiger partial charge in [-0.1, -0.05) is 0 Å². The molecule has 0 aliphatic rings. The van der Waals surface area contributed by atoms with E-state index in [1.54, 1.807) is 12.1 Å². The van der Waals surface area contributed by atoms with Crippen molar-refractivity contribution in [1.29, 1.82) is 0 Å². The topological polar surface area (TPSA) is 83.8 Å². The number of benzene rings is 1. The smallest absolute Gasteiger partial charge is 0.342 e. The van der Waals surface area contributed by atoms with Crippen molar-refractivity contribution in [2.45, 2.75) is 0 Å². The maximum atomic E-state index is 11.7. The average Bonchev–Trinajstić information content (AvgIpc) is 2.82. The molecule has 104 valence electrons. The molecule has 0 aliphatic heterocycles. The molecule has 1 heterocycles. The first kappa shape index (κ1) is 14.5. The van der Waals surface area contributed by atoms with Crippen LogP contribution in [0.3, 0.4) is 0 Å². The molecule has 0 amide bonds. The molecule has 1 aromatic carbocycles. The highest BCUT2D eigenvalue weighted by atomic mass is 79.9. The van der Waals surface area contributed by atoms with Gasteiger partial charge < -0.3 is 14.9 Å². The number of ketones is 1. The Morgan fingerprint density at radius 2 is 1.95 bits per heavy atom. The van der Waals surface area contributed by atoms with Crippen molar-refractivity contribution in [3.05, 3.63) is 44.6 Å². The van der Waals surface area contributed by atoms with Gasteiger partial charge in [-0.3, -0.25) is 4.79 Å². The number of hydrogen-bond acceptors (Lipinski definition) is 6. The molecule has 5 nitrogen and oxygen atoms in total. The van der Waals surface area contributed by atoms with E-state index in [4.69, 9.17) is 9.84 Å². The number of phenols is 2. The average molecular weight is 357 g/mol. The molecular weight excluding hydrogens is 348 g/mol. The van der Waals surface area contributed by atoms with Crippen LogP contribution in [0.1, 0.15) is 20.0 Å². The fraction of sp³-hybridized carbons (Fsp3) is 0.0769. The minimum absolute atomic E-state index is 0.108. The number of Topliss-reactive ketones (excluding diaryl/α,β-unsaturated/α-hetero) is 1. The number of halogens is 1. The van der Waals surface area contributed by atoms with E-state index in [1.165, 1.54) is 23.5 Å². The second kappa shape index (κ2) is 6.06. The Bertz CT molecular complexity index is 665. The van der Waals surface area contributed by atoms with E-state index in [1.807, 2.05) is 0 Å². The summed E-state index contributed by atoms with van der Waals surface area (Å²) in [5.41, 5.74) is -0.108. The molecular formula is C13H9BrO5S. The first-order valence-electron chi connectivity index (χ1n) is 5.45. The van der Waals surface area contributed by atoms with Crippen LogP contribution in [0, 0.1) is 0 Å². The zero-order chi connectivity index (χ0) is 14.7. The van der Waals surface area contributed by atoms with Crippen LogP contribution in [0.4, 0.5) is 0 Å². The van der Waals surface area contributed by atoms with Crippen LogP contribution in [0.15, 0.2) is 34.1 Å². The van der Waals surface area contributed by atoms with Crippen LogP contribution >= 0.6 is 27.3 Å². The Labute approximate surface area is 126 Å². The van der Waals surface area contributed by atoms with Crippen molar-refractivity contribution in [3.63, 3.8) is 0 Å². The minimum atomic E-state index is -0.827. The van der Waals surface area contributed by atoms with E-state index >= 15 is 0 Å². The lowest BCUT2D eigenvalue weighted by molar-refractivity contribution is 0.0473. The number of hydrogen-bond donors (Lipinski definition) is 2. The molecule has 20 heavy (non-hydrogen) atoms. The number of aromatic hydroxyl groups is 2. The van der Waals surface area contributed by atoms with Gasteiger partial charge in [0.1, 0.15) is 17.1 Å². The van der Waals surface area contributed by atoms with E-state index in [-0.39, 0.29) is 17.1 Å². The molecule has 0 unspecified atom stereocenters. The third-order valence-corrected chi connectivity index (χ3v) is 4.05. The van der Waals surface area contributed by atoms with Gasteiger partial charge >= 0.3 is 5.97 Å². The Kier molecular flexibility index (Phi) is 4.41. The predicted octanol–water partition coefficient (Wildman–Crippen LogP) is 2.96. The molecule has 0 saturated carbocycles. The van der Waals surface area contributed by atoms with E-state index < -0.39 is 18.3 Å². The van der Waals surface area contributed by atoms with Crippen LogP contribution in [-0.2, 0) is 4.74 Å². The summed E-state index contributed by atoms with van der Waals surface area (Å²) >= 11 is 4.48. The van der Waals surface area contributed by atoms with Gasteiger partial charge in [0.25, 0.3) is 0 Å². The standard InChI is InChI=1S/C13H9BrO5S/c14-12-4-3-11(20-12)10(17)6-19-13(18)8-2-1-7(15)5-9(8)16/h1-5,15-16H,6H2. The van der Waals surface area contributed by atoms with Crippen molar-refractivity contribution in [2.75, 3.05) is 6.61 Å². The maximum Gasteiger partial charge on any atom is 0.342 e. The van der Waals surface area contributed by atoms with Crippen LogP contribution in [0.25, 0.3) is 0 Å². The van der Waals surface area contributed by atoms with Gasteiger partial charge in [-0.05, 0) is 40.2 Å². The van der Waals surface area contributed by atoms with Gasteiger partial charge in [0.2, 0.25) is 5.78 Å². The first-order chi connectivity index (χ1) is 9.47. The lowest BCUT2D eigenvalue weighted by atomic mass is 10.2. The molecule has 0 atom stereocenters. The lowest BCUT2D eigenvalue weighted by Crippen LogP contribution is -2.13. The molecule has 1 aromatic heterocycles. The summed E-state index contributed by atoms with van der Waals surface area (Å²) in [4.78, 5) is 23.9. The third kappa shape index (κ3) is 3.37. The SMILES string of the molecule is O=C(COC(=O)c1ccc(O)cc1O)c1ccc(Br)s1.